The van der Waals surface area contributed by atoms with Crippen LogP contribution in [0.3, 0.4) is 0 Å². The van der Waals surface area contributed by atoms with E-state index >= 15 is 0 Å². The maximum atomic E-state index is 13.0. The first-order chi connectivity index (χ1) is 9.68. The molecular weight excluding hydrogens is 369 g/mol. The van der Waals surface area contributed by atoms with E-state index in [-0.39, 0.29) is 9.60 Å². The lowest BCUT2D eigenvalue weighted by Gasteiger charge is -2.12. The Balaban J connectivity index is 2.35. The van der Waals surface area contributed by atoms with Gasteiger partial charge in [0.05, 0.1) is 16.8 Å². The molecule has 1 heterocycles. The van der Waals surface area contributed by atoms with Crippen LogP contribution in [0.4, 0.5) is 18.3 Å². The molecule has 2 aromatic rings. The lowest BCUT2D eigenvalue weighted by Crippen LogP contribution is -2.18. The number of anilines is 1. The van der Waals surface area contributed by atoms with Gasteiger partial charge in [-0.05, 0) is 32.0 Å². The summed E-state index contributed by atoms with van der Waals surface area (Å²) >= 11 is 4.20. The Morgan fingerprint density at radius 1 is 1.33 bits per heavy atom. The molecule has 0 aliphatic rings. The SMILES string of the molecule is Cc1nc(NC(=O)c2ccc(Br)cc2C(F)(F)F)sc1C. The molecule has 3 nitrogen and oxygen atoms in total. The predicted molar refractivity (Wildman–Crippen MR) is 78.7 cm³/mol. The van der Waals surface area contributed by atoms with Gasteiger partial charge in [-0.3, -0.25) is 10.1 Å². The summed E-state index contributed by atoms with van der Waals surface area (Å²) in [4.78, 5) is 17.0. The van der Waals surface area contributed by atoms with E-state index in [1.54, 1.807) is 6.92 Å². The molecule has 0 atom stereocenters. The van der Waals surface area contributed by atoms with Crippen LogP contribution in [-0.2, 0) is 6.18 Å². The number of hydrogen-bond acceptors (Lipinski definition) is 3. The monoisotopic (exact) mass is 378 g/mol. The number of thiazole rings is 1. The second kappa shape index (κ2) is 5.76. The van der Waals surface area contributed by atoms with E-state index < -0.39 is 23.2 Å². The van der Waals surface area contributed by atoms with Crippen molar-refractivity contribution >= 4 is 38.3 Å². The molecule has 0 saturated heterocycles. The molecule has 112 valence electrons. The lowest BCUT2D eigenvalue weighted by molar-refractivity contribution is -0.137. The number of nitrogens with one attached hydrogen (secondary N) is 1. The van der Waals surface area contributed by atoms with Gasteiger partial charge in [-0.15, -0.1) is 11.3 Å². The number of carbonyl (C=O) groups is 1. The number of carbonyl (C=O) groups excluding carboxylic acids is 1. The number of nitrogens with zero attached hydrogens (tertiary/aromatic N) is 1. The molecule has 1 aromatic carbocycles. The average molecular weight is 379 g/mol. The number of alkyl halides is 3. The molecule has 8 heteroatoms. The van der Waals surface area contributed by atoms with Crippen LogP contribution >= 0.6 is 27.3 Å². The topological polar surface area (TPSA) is 42.0 Å². The third-order valence-electron chi connectivity index (χ3n) is 2.78. The number of hydrogen-bond donors (Lipinski definition) is 1. The van der Waals surface area contributed by atoms with Gasteiger partial charge in [-0.25, -0.2) is 4.98 Å². The first-order valence-corrected chi connectivity index (χ1v) is 7.41. The standard InChI is InChI=1S/C13H10BrF3N2OS/c1-6-7(2)21-12(18-6)19-11(20)9-4-3-8(14)5-10(9)13(15,16)17/h3-5H,1-2H3,(H,18,19,20). The van der Waals surface area contributed by atoms with E-state index in [2.05, 4.69) is 26.2 Å². The van der Waals surface area contributed by atoms with Crippen LogP contribution in [0.25, 0.3) is 0 Å². The lowest BCUT2D eigenvalue weighted by atomic mass is 10.1. The van der Waals surface area contributed by atoms with Crippen molar-refractivity contribution in [1.82, 2.24) is 4.98 Å². The molecule has 2 rings (SSSR count). The molecule has 1 amide bonds. The van der Waals surface area contributed by atoms with Crippen molar-refractivity contribution in [2.24, 2.45) is 0 Å². The van der Waals surface area contributed by atoms with Crippen LogP contribution in [0.1, 0.15) is 26.5 Å². The molecule has 0 bridgehead atoms. The van der Waals surface area contributed by atoms with E-state index in [0.29, 0.717) is 0 Å². The Kier molecular flexibility index (Phi) is 4.38. The van der Waals surface area contributed by atoms with Crippen molar-refractivity contribution < 1.29 is 18.0 Å². The average Bonchev–Trinajstić information content (AvgIpc) is 2.66. The summed E-state index contributed by atoms with van der Waals surface area (Å²) in [5.74, 6) is -0.830. The number of benzene rings is 1. The van der Waals surface area contributed by atoms with E-state index in [1.165, 1.54) is 17.4 Å². The second-order valence-corrected chi connectivity index (χ2v) is 6.42. The minimum atomic E-state index is -4.61. The zero-order valence-electron chi connectivity index (χ0n) is 11.0. The van der Waals surface area contributed by atoms with Gasteiger partial charge in [-0.1, -0.05) is 15.9 Å². The first kappa shape index (κ1) is 16.0. The zero-order chi connectivity index (χ0) is 15.8. The first-order valence-electron chi connectivity index (χ1n) is 5.80. The van der Waals surface area contributed by atoms with Crippen LogP contribution < -0.4 is 5.32 Å². The van der Waals surface area contributed by atoms with Gasteiger partial charge in [0.2, 0.25) is 0 Å². The molecule has 0 unspecified atom stereocenters. The van der Waals surface area contributed by atoms with Crippen molar-refractivity contribution in [3.8, 4) is 0 Å². The molecule has 0 radical (unpaired) electrons. The summed E-state index contributed by atoms with van der Waals surface area (Å²) in [6.45, 7) is 3.59. The Morgan fingerprint density at radius 2 is 2.00 bits per heavy atom. The zero-order valence-corrected chi connectivity index (χ0v) is 13.4. The van der Waals surface area contributed by atoms with Crippen LogP contribution in [0.2, 0.25) is 0 Å². The van der Waals surface area contributed by atoms with E-state index in [1.807, 2.05) is 6.92 Å². The summed E-state index contributed by atoms with van der Waals surface area (Å²) in [5.41, 5.74) is -0.683. The molecule has 1 aromatic heterocycles. The minimum absolute atomic E-state index is 0.257. The van der Waals surface area contributed by atoms with Gasteiger partial charge < -0.3 is 0 Å². The highest BCUT2D eigenvalue weighted by molar-refractivity contribution is 9.10. The molecule has 0 saturated carbocycles. The Hall–Kier alpha value is -1.41. The fraction of sp³-hybridized carbons (Fsp3) is 0.231. The summed E-state index contributed by atoms with van der Waals surface area (Å²) in [7, 11) is 0. The van der Waals surface area contributed by atoms with Gasteiger partial charge in [0.15, 0.2) is 5.13 Å². The third kappa shape index (κ3) is 3.62. The second-order valence-electron chi connectivity index (χ2n) is 4.30. The Bertz CT molecular complexity index is 678. The van der Waals surface area contributed by atoms with Crippen molar-refractivity contribution in [3.63, 3.8) is 0 Å². The molecule has 21 heavy (non-hydrogen) atoms. The smallest absolute Gasteiger partial charge is 0.298 e. The number of rotatable bonds is 2. The fourth-order valence-corrected chi connectivity index (χ4v) is 2.81. The summed E-state index contributed by atoms with van der Waals surface area (Å²) in [5, 5.41) is 2.69. The Labute approximate surface area is 131 Å². The van der Waals surface area contributed by atoms with Crippen LogP contribution in [0, 0.1) is 13.8 Å². The number of aryl methyl sites for hydroxylation is 2. The third-order valence-corrected chi connectivity index (χ3v) is 4.26. The quantitative estimate of drug-likeness (QED) is 0.815. The molecule has 0 spiro atoms. The molecule has 0 aliphatic carbocycles. The van der Waals surface area contributed by atoms with Gasteiger partial charge in [0.25, 0.3) is 5.91 Å². The van der Waals surface area contributed by atoms with Crippen LogP contribution in [0.15, 0.2) is 22.7 Å². The van der Waals surface area contributed by atoms with Gasteiger partial charge in [0.1, 0.15) is 0 Å². The van der Waals surface area contributed by atoms with Gasteiger partial charge in [-0.2, -0.15) is 13.2 Å². The van der Waals surface area contributed by atoms with Crippen LogP contribution in [0.5, 0.6) is 0 Å². The van der Waals surface area contributed by atoms with Crippen molar-refractivity contribution in [3.05, 3.63) is 44.4 Å². The highest BCUT2D eigenvalue weighted by Crippen LogP contribution is 2.34. The number of amides is 1. The summed E-state index contributed by atoms with van der Waals surface area (Å²) in [6.07, 6.45) is -4.61. The minimum Gasteiger partial charge on any atom is -0.298 e. The highest BCUT2D eigenvalue weighted by atomic mass is 79.9. The van der Waals surface area contributed by atoms with Crippen molar-refractivity contribution in [1.29, 1.82) is 0 Å². The van der Waals surface area contributed by atoms with Gasteiger partial charge >= 0.3 is 6.18 Å². The fourth-order valence-electron chi connectivity index (χ4n) is 1.64. The van der Waals surface area contributed by atoms with E-state index in [9.17, 15) is 18.0 Å². The van der Waals surface area contributed by atoms with E-state index in [0.717, 1.165) is 22.7 Å². The molecule has 1 N–H and O–H groups in total. The maximum Gasteiger partial charge on any atom is 0.417 e. The summed E-state index contributed by atoms with van der Waals surface area (Å²) < 4.78 is 39.2. The van der Waals surface area contributed by atoms with Crippen LogP contribution in [-0.4, -0.2) is 10.9 Å². The normalized spacial score (nSPS) is 11.5. The van der Waals surface area contributed by atoms with E-state index in [4.69, 9.17) is 0 Å². The summed E-state index contributed by atoms with van der Waals surface area (Å²) in [6, 6.07) is 3.41. The number of halogens is 4. The van der Waals surface area contributed by atoms with Crippen molar-refractivity contribution in [2.75, 3.05) is 5.32 Å². The largest absolute Gasteiger partial charge is 0.417 e. The predicted octanol–water partition coefficient (Wildman–Crippen LogP) is 4.79. The number of aromatic nitrogens is 1. The highest BCUT2D eigenvalue weighted by Gasteiger charge is 2.35. The van der Waals surface area contributed by atoms with Gasteiger partial charge in [0, 0.05) is 9.35 Å². The molecule has 0 aliphatic heterocycles. The molecule has 0 fully saturated rings. The Morgan fingerprint density at radius 3 is 2.52 bits per heavy atom. The maximum absolute atomic E-state index is 13.0. The van der Waals surface area contributed by atoms with Crippen molar-refractivity contribution in [2.45, 2.75) is 20.0 Å². The molecular formula is C13H10BrF3N2OS.